The van der Waals surface area contributed by atoms with Gasteiger partial charge >= 0.3 is 0 Å². The predicted octanol–water partition coefficient (Wildman–Crippen LogP) is 3.01. The number of nitrogens with one attached hydrogen (secondary N) is 2. The lowest BCUT2D eigenvalue weighted by Gasteiger charge is -2.09. The molecule has 0 unspecified atom stereocenters. The summed E-state index contributed by atoms with van der Waals surface area (Å²) >= 11 is 0. The molecule has 0 atom stereocenters. The van der Waals surface area contributed by atoms with Crippen molar-refractivity contribution < 1.29 is 4.79 Å². The number of pyridine rings is 1. The zero-order chi connectivity index (χ0) is 15.1. The Morgan fingerprint density at radius 3 is 2.57 bits per heavy atom. The lowest BCUT2D eigenvalue weighted by atomic mass is 10.1. The Labute approximate surface area is 125 Å². The van der Waals surface area contributed by atoms with Crippen LogP contribution in [-0.2, 0) is 13.0 Å². The van der Waals surface area contributed by atoms with E-state index >= 15 is 0 Å². The summed E-state index contributed by atoms with van der Waals surface area (Å²) in [6.45, 7) is 5.35. The molecule has 0 saturated carbocycles. The van der Waals surface area contributed by atoms with Crippen molar-refractivity contribution in [2.24, 2.45) is 0 Å². The highest BCUT2D eigenvalue weighted by Gasteiger charge is 2.09. The highest BCUT2D eigenvalue weighted by Crippen LogP contribution is 2.11. The average molecular weight is 283 g/mol. The minimum absolute atomic E-state index is 0.0740. The molecule has 0 saturated heterocycles. The molecule has 110 valence electrons. The van der Waals surface area contributed by atoms with Crippen LogP contribution in [0.5, 0.6) is 0 Å². The second-order valence-corrected chi connectivity index (χ2v) is 4.78. The Hall–Kier alpha value is -2.36. The molecule has 0 radical (unpaired) electrons. The van der Waals surface area contributed by atoms with Crippen LogP contribution in [0.1, 0.15) is 35.5 Å². The predicted molar refractivity (Wildman–Crippen MR) is 85.4 cm³/mol. The van der Waals surface area contributed by atoms with E-state index in [2.05, 4.69) is 15.6 Å². The van der Waals surface area contributed by atoms with Gasteiger partial charge in [0, 0.05) is 24.3 Å². The SMILES string of the molecule is CCNc1cc(C(=O)NCc2ccccc2)cc(CC)n1. The van der Waals surface area contributed by atoms with Gasteiger partial charge in [0.25, 0.3) is 5.91 Å². The average Bonchev–Trinajstić information content (AvgIpc) is 2.53. The van der Waals surface area contributed by atoms with Gasteiger partial charge < -0.3 is 10.6 Å². The molecular formula is C17H21N3O. The number of anilines is 1. The van der Waals surface area contributed by atoms with Crippen LogP contribution in [0.4, 0.5) is 5.82 Å². The monoisotopic (exact) mass is 283 g/mol. The van der Waals surface area contributed by atoms with Crippen LogP contribution < -0.4 is 10.6 Å². The molecule has 4 heteroatoms. The van der Waals surface area contributed by atoms with E-state index in [1.54, 1.807) is 6.07 Å². The number of aryl methyl sites for hydroxylation is 1. The van der Waals surface area contributed by atoms with Crippen LogP contribution in [0.25, 0.3) is 0 Å². The highest BCUT2D eigenvalue weighted by molar-refractivity contribution is 5.95. The Morgan fingerprint density at radius 1 is 1.14 bits per heavy atom. The van der Waals surface area contributed by atoms with Gasteiger partial charge in [0.05, 0.1) is 0 Å². The van der Waals surface area contributed by atoms with Crippen molar-refractivity contribution >= 4 is 11.7 Å². The molecule has 0 spiro atoms. The fourth-order valence-corrected chi connectivity index (χ4v) is 2.05. The fraction of sp³-hybridized carbons (Fsp3) is 0.294. The third kappa shape index (κ3) is 4.31. The summed E-state index contributed by atoms with van der Waals surface area (Å²) in [7, 11) is 0. The molecule has 4 nitrogen and oxygen atoms in total. The second-order valence-electron chi connectivity index (χ2n) is 4.78. The Kier molecular flexibility index (Phi) is 5.32. The van der Waals surface area contributed by atoms with Gasteiger partial charge in [-0.1, -0.05) is 37.3 Å². The Bertz CT molecular complexity index is 596. The van der Waals surface area contributed by atoms with Crippen LogP contribution in [0.3, 0.4) is 0 Å². The number of aromatic nitrogens is 1. The first-order chi connectivity index (χ1) is 10.2. The number of carbonyl (C=O) groups excluding carboxylic acids is 1. The molecule has 1 aromatic heterocycles. The molecule has 1 aromatic carbocycles. The minimum Gasteiger partial charge on any atom is -0.370 e. The maximum Gasteiger partial charge on any atom is 0.251 e. The molecular weight excluding hydrogens is 262 g/mol. The van der Waals surface area contributed by atoms with Crippen LogP contribution in [0, 0.1) is 0 Å². The quantitative estimate of drug-likeness (QED) is 0.857. The van der Waals surface area contributed by atoms with E-state index in [4.69, 9.17) is 0 Å². The topological polar surface area (TPSA) is 54.0 Å². The van der Waals surface area contributed by atoms with Crippen LogP contribution >= 0.6 is 0 Å². The number of nitrogens with zero attached hydrogens (tertiary/aromatic N) is 1. The van der Waals surface area contributed by atoms with Crippen LogP contribution in [0.15, 0.2) is 42.5 Å². The minimum atomic E-state index is -0.0740. The maximum atomic E-state index is 12.3. The van der Waals surface area contributed by atoms with Crippen molar-refractivity contribution in [3.63, 3.8) is 0 Å². The first-order valence-electron chi connectivity index (χ1n) is 7.30. The zero-order valence-corrected chi connectivity index (χ0v) is 12.5. The molecule has 0 fully saturated rings. The van der Waals surface area contributed by atoms with E-state index in [0.29, 0.717) is 12.1 Å². The Balaban J connectivity index is 2.09. The molecule has 0 aliphatic rings. The van der Waals surface area contributed by atoms with Gasteiger partial charge in [-0.3, -0.25) is 4.79 Å². The summed E-state index contributed by atoms with van der Waals surface area (Å²) in [5, 5.41) is 6.10. The van der Waals surface area contributed by atoms with Crippen molar-refractivity contribution in [3.8, 4) is 0 Å². The molecule has 21 heavy (non-hydrogen) atoms. The van der Waals surface area contributed by atoms with Crippen molar-refractivity contribution in [1.29, 1.82) is 0 Å². The number of hydrogen-bond acceptors (Lipinski definition) is 3. The lowest BCUT2D eigenvalue weighted by Crippen LogP contribution is -2.23. The third-order valence-electron chi connectivity index (χ3n) is 3.16. The molecule has 2 aromatic rings. The van der Waals surface area contributed by atoms with Gasteiger partial charge in [0.1, 0.15) is 5.82 Å². The van der Waals surface area contributed by atoms with E-state index in [0.717, 1.165) is 30.0 Å². The zero-order valence-electron chi connectivity index (χ0n) is 12.5. The summed E-state index contributed by atoms with van der Waals surface area (Å²) in [5.74, 6) is 0.678. The smallest absolute Gasteiger partial charge is 0.251 e. The first-order valence-corrected chi connectivity index (χ1v) is 7.30. The second kappa shape index (κ2) is 7.43. The van der Waals surface area contributed by atoms with Gasteiger partial charge in [0.15, 0.2) is 0 Å². The number of carbonyl (C=O) groups is 1. The summed E-state index contributed by atoms with van der Waals surface area (Å²) < 4.78 is 0. The first kappa shape index (κ1) is 15.0. The van der Waals surface area contributed by atoms with Gasteiger partial charge in [-0.15, -0.1) is 0 Å². The standard InChI is InChI=1S/C17H21N3O/c1-3-15-10-14(11-16(20-15)18-4-2)17(21)19-12-13-8-6-5-7-9-13/h5-11H,3-4,12H2,1-2H3,(H,18,20)(H,19,21). The normalized spacial score (nSPS) is 10.2. The summed E-state index contributed by atoms with van der Waals surface area (Å²) in [6.07, 6.45) is 0.804. The molecule has 2 N–H and O–H groups in total. The maximum absolute atomic E-state index is 12.3. The third-order valence-corrected chi connectivity index (χ3v) is 3.16. The van der Waals surface area contributed by atoms with Gasteiger partial charge in [-0.05, 0) is 31.0 Å². The van der Waals surface area contributed by atoms with E-state index in [1.807, 2.05) is 50.2 Å². The molecule has 0 aliphatic carbocycles. The lowest BCUT2D eigenvalue weighted by molar-refractivity contribution is 0.0950. The largest absolute Gasteiger partial charge is 0.370 e. The summed E-state index contributed by atoms with van der Waals surface area (Å²) in [4.78, 5) is 16.7. The van der Waals surface area contributed by atoms with Crippen molar-refractivity contribution in [2.45, 2.75) is 26.8 Å². The highest BCUT2D eigenvalue weighted by atomic mass is 16.1. The molecule has 1 amide bonds. The number of benzene rings is 1. The van der Waals surface area contributed by atoms with Crippen LogP contribution in [-0.4, -0.2) is 17.4 Å². The summed E-state index contributed by atoms with van der Waals surface area (Å²) in [6, 6.07) is 13.5. The van der Waals surface area contributed by atoms with Gasteiger partial charge in [-0.25, -0.2) is 4.98 Å². The van der Waals surface area contributed by atoms with Crippen molar-refractivity contribution in [1.82, 2.24) is 10.3 Å². The Morgan fingerprint density at radius 2 is 1.90 bits per heavy atom. The fourth-order valence-electron chi connectivity index (χ4n) is 2.05. The molecule has 1 heterocycles. The number of amides is 1. The van der Waals surface area contributed by atoms with Gasteiger partial charge in [-0.2, -0.15) is 0 Å². The van der Waals surface area contributed by atoms with E-state index < -0.39 is 0 Å². The molecule has 0 aliphatic heterocycles. The van der Waals surface area contributed by atoms with Crippen molar-refractivity contribution in [3.05, 3.63) is 59.3 Å². The van der Waals surface area contributed by atoms with Crippen LogP contribution in [0.2, 0.25) is 0 Å². The number of hydrogen-bond donors (Lipinski definition) is 2. The number of rotatable bonds is 6. The summed E-state index contributed by atoms with van der Waals surface area (Å²) in [5.41, 5.74) is 2.65. The van der Waals surface area contributed by atoms with E-state index in [1.165, 1.54) is 0 Å². The molecule has 0 bridgehead atoms. The molecule has 2 rings (SSSR count). The van der Waals surface area contributed by atoms with E-state index in [9.17, 15) is 4.79 Å². The van der Waals surface area contributed by atoms with Gasteiger partial charge in [0.2, 0.25) is 0 Å². The van der Waals surface area contributed by atoms with Crippen molar-refractivity contribution in [2.75, 3.05) is 11.9 Å². The van der Waals surface area contributed by atoms with E-state index in [-0.39, 0.29) is 5.91 Å².